The minimum atomic E-state index is -0.494. The van der Waals surface area contributed by atoms with E-state index in [1.807, 2.05) is 19.9 Å². The Hall–Kier alpha value is -1.49. The summed E-state index contributed by atoms with van der Waals surface area (Å²) in [5.41, 5.74) is 1.68. The van der Waals surface area contributed by atoms with Crippen LogP contribution in [-0.2, 0) is 4.79 Å². The monoisotopic (exact) mass is 365 g/mol. The molecule has 0 unspecified atom stereocenters. The minimum absolute atomic E-state index is 0.0576. The zero-order valence-electron chi connectivity index (χ0n) is 13.0. The molecule has 5 heteroatoms. The van der Waals surface area contributed by atoms with Crippen LogP contribution in [0.4, 0.5) is 5.69 Å². The number of nitro groups is 1. The average Bonchev–Trinajstić information content (AvgIpc) is 2.48. The number of alkyl halides is 1. The van der Waals surface area contributed by atoms with Gasteiger partial charge in [-0.25, -0.2) is 0 Å². The maximum absolute atomic E-state index is 12.9. The van der Waals surface area contributed by atoms with E-state index in [0.29, 0.717) is 0 Å². The molecule has 1 aromatic rings. The summed E-state index contributed by atoms with van der Waals surface area (Å²) in [5.74, 6) is 0.555. The lowest BCUT2D eigenvalue weighted by Gasteiger charge is -2.38. The molecule has 1 fully saturated rings. The van der Waals surface area contributed by atoms with Gasteiger partial charge in [0.2, 0.25) is 0 Å². The fourth-order valence-electron chi connectivity index (χ4n) is 2.79. The Morgan fingerprint density at radius 1 is 1.36 bits per heavy atom. The van der Waals surface area contributed by atoms with E-state index in [9.17, 15) is 14.9 Å². The molecular formula is C17H20BrNO3. The van der Waals surface area contributed by atoms with Crippen LogP contribution in [0.2, 0.25) is 0 Å². The Balaban J connectivity index is 2.35. The molecule has 0 aliphatic heterocycles. The van der Waals surface area contributed by atoms with Gasteiger partial charge in [-0.05, 0) is 48.4 Å². The first kappa shape index (κ1) is 16.9. The summed E-state index contributed by atoms with van der Waals surface area (Å²) in [6, 6.07) is 6.30. The van der Waals surface area contributed by atoms with E-state index >= 15 is 0 Å². The molecule has 22 heavy (non-hydrogen) atoms. The van der Waals surface area contributed by atoms with Crippen molar-refractivity contribution in [1.29, 1.82) is 0 Å². The molecule has 1 saturated carbocycles. The van der Waals surface area contributed by atoms with Gasteiger partial charge in [-0.1, -0.05) is 36.7 Å². The molecule has 118 valence electrons. The molecule has 0 N–H and O–H groups in total. The van der Waals surface area contributed by atoms with Gasteiger partial charge >= 0.3 is 0 Å². The number of nitro benzene ring substituents is 1. The lowest BCUT2D eigenvalue weighted by molar-refractivity contribution is -0.384. The Morgan fingerprint density at radius 2 is 1.95 bits per heavy atom. The molecule has 0 aromatic heterocycles. The molecule has 1 aliphatic rings. The van der Waals surface area contributed by atoms with E-state index in [0.717, 1.165) is 24.0 Å². The first-order valence-electron chi connectivity index (χ1n) is 7.45. The van der Waals surface area contributed by atoms with Crippen LogP contribution in [0.5, 0.6) is 0 Å². The largest absolute Gasteiger partial charge is 0.293 e. The lowest BCUT2D eigenvalue weighted by Crippen LogP contribution is -2.43. The Labute approximate surface area is 138 Å². The summed E-state index contributed by atoms with van der Waals surface area (Å²) in [4.78, 5) is 23.1. The van der Waals surface area contributed by atoms with Crippen molar-refractivity contribution in [2.24, 2.45) is 11.8 Å². The molecule has 0 amide bonds. The predicted molar refractivity (Wildman–Crippen MR) is 91.0 cm³/mol. The van der Waals surface area contributed by atoms with Gasteiger partial charge in [0.1, 0.15) is 0 Å². The molecule has 1 aliphatic carbocycles. The molecule has 0 heterocycles. The highest BCUT2D eigenvalue weighted by Gasteiger charge is 2.44. The van der Waals surface area contributed by atoms with Gasteiger partial charge in [0.15, 0.2) is 5.78 Å². The topological polar surface area (TPSA) is 60.2 Å². The van der Waals surface area contributed by atoms with Gasteiger partial charge in [0, 0.05) is 17.7 Å². The number of allylic oxidation sites excluding steroid dienone is 1. The van der Waals surface area contributed by atoms with Crippen LogP contribution >= 0.6 is 15.9 Å². The number of carbonyl (C=O) groups excluding carboxylic acids is 1. The van der Waals surface area contributed by atoms with E-state index in [2.05, 4.69) is 22.9 Å². The van der Waals surface area contributed by atoms with Crippen LogP contribution < -0.4 is 0 Å². The zero-order valence-corrected chi connectivity index (χ0v) is 14.6. The fourth-order valence-corrected chi connectivity index (χ4v) is 3.25. The molecular weight excluding hydrogens is 346 g/mol. The number of benzene rings is 1. The average molecular weight is 366 g/mol. The molecule has 1 aromatic carbocycles. The second kappa shape index (κ2) is 6.32. The number of carbonyl (C=O) groups is 1. The van der Waals surface area contributed by atoms with Crippen LogP contribution in [0, 0.1) is 22.0 Å². The Morgan fingerprint density at radius 3 is 2.45 bits per heavy atom. The van der Waals surface area contributed by atoms with E-state index in [1.54, 1.807) is 12.1 Å². The van der Waals surface area contributed by atoms with Crippen molar-refractivity contribution in [2.45, 2.75) is 37.9 Å². The molecule has 0 spiro atoms. The third-order valence-electron chi connectivity index (χ3n) is 4.45. The van der Waals surface area contributed by atoms with Crippen LogP contribution in [0.1, 0.15) is 39.2 Å². The number of ketones is 1. The Kier molecular flexibility index (Phi) is 4.85. The van der Waals surface area contributed by atoms with Crippen molar-refractivity contribution in [3.8, 4) is 0 Å². The maximum Gasteiger partial charge on any atom is 0.269 e. The van der Waals surface area contributed by atoms with Crippen LogP contribution in [0.15, 0.2) is 29.8 Å². The van der Waals surface area contributed by atoms with Gasteiger partial charge in [-0.15, -0.1) is 0 Å². The number of non-ortho nitro benzene ring substituents is 1. The molecule has 0 bridgehead atoms. The fraction of sp³-hybridized carbons (Fsp3) is 0.471. The normalized spacial score (nSPS) is 27.4. The van der Waals surface area contributed by atoms with Crippen molar-refractivity contribution < 1.29 is 9.72 Å². The molecule has 0 saturated heterocycles. The third kappa shape index (κ3) is 3.14. The first-order valence-corrected chi connectivity index (χ1v) is 8.24. The van der Waals surface area contributed by atoms with Crippen molar-refractivity contribution in [1.82, 2.24) is 0 Å². The number of Topliss-reactive ketones (excluding diaryl/α,β-unsaturated/α-hetero) is 1. The number of rotatable bonds is 3. The van der Waals surface area contributed by atoms with E-state index in [-0.39, 0.29) is 23.3 Å². The summed E-state index contributed by atoms with van der Waals surface area (Å²) < 4.78 is -0.494. The minimum Gasteiger partial charge on any atom is -0.293 e. The van der Waals surface area contributed by atoms with E-state index < -0.39 is 9.25 Å². The van der Waals surface area contributed by atoms with Crippen molar-refractivity contribution in [3.63, 3.8) is 0 Å². The quantitative estimate of drug-likeness (QED) is 0.335. The standard InChI is InChI=1S/C17H20BrNO3/c1-11(2)17(18)9-8-12(3)15(16(17)20)10-13-4-6-14(7-5-13)19(21)22/h4-7,10-12H,8-9H2,1-3H3/b15-10+/t12-,17+/m0/s1. The van der Waals surface area contributed by atoms with E-state index in [1.165, 1.54) is 12.1 Å². The van der Waals surface area contributed by atoms with Crippen molar-refractivity contribution in [3.05, 3.63) is 45.5 Å². The third-order valence-corrected chi connectivity index (χ3v) is 6.13. The zero-order chi connectivity index (χ0) is 16.5. The summed E-state index contributed by atoms with van der Waals surface area (Å²) >= 11 is 3.66. The maximum atomic E-state index is 12.9. The van der Waals surface area contributed by atoms with Gasteiger partial charge in [-0.2, -0.15) is 0 Å². The number of halogens is 1. The summed E-state index contributed by atoms with van der Waals surface area (Å²) in [6.45, 7) is 6.15. The molecule has 2 atom stereocenters. The van der Waals surface area contributed by atoms with Crippen molar-refractivity contribution in [2.75, 3.05) is 0 Å². The van der Waals surface area contributed by atoms with E-state index in [4.69, 9.17) is 0 Å². The first-order chi connectivity index (χ1) is 10.3. The predicted octanol–water partition coefficient (Wildman–Crippen LogP) is 4.77. The highest BCUT2D eigenvalue weighted by Crippen LogP contribution is 2.44. The molecule has 0 radical (unpaired) electrons. The van der Waals surface area contributed by atoms with Gasteiger partial charge < -0.3 is 0 Å². The van der Waals surface area contributed by atoms with Crippen LogP contribution in [0.3, 0.4) is 0 Å². The summed E-state index contributed by atoms with van der Waals surface area (Å²) in [5, 5.41) is 10.7. The highest BCUT2D eigenvalue weighted by molar-refractivity contribution is 9.10. The second-order valence-electron chi connectivity index (χ2n) is 6.23. The van der Waals surface area contributed by atoms with Crippen LogP contribution in [-0.4, -0.2) is 15.0 Å². The summed E-state index contributed by atoms with van der Waals surface area (Å²) in [6.07, 6.45) is 3.66. The highest BCUT2D eigenvalue weighted by atomic mass is 79.9. The molecule has 2 rings (SSSR count). The van der Waals surface area contributed by atoms with Gasteiger partial charge in [0.25, 0.3) is 5.69 Å². The summed E-state index contributed by atoms with van der Waals surface area (Å²) in [7, 11) is 0. The second-order valence-corrected chi connectivity index (χ2v) is 7.65. The molecule has 4 nitrogen and oxygen atoms in total. The smallest absolute Gasteiger partial charge is 0.269 e. The lowest BCUT2D eigenvalue weighted by atomic mass is 9.73. The number of nitrogens with zero attached hydrogens (tertiary/aromatic N) is 1. The van der Waals surface area contributed by atoms with Crippen molar-refractivity contribution >= 4 is 33.5 Å². The Bertz CT molecular complexity index is 621. The number of hydrogen-bond acceptors (Lipinski definition) is 3. The van der Waals surface area contributed by atoms with Gasteiger partial charge in [0.05, 0.1) is 9.25 Å². The number of hydrogen-bond donors (Lipinski definition) is 0. The van der Waals surface area contributed by atoms with Gasteiger partial charge in [-0.3, -0.25) is 14.9 Å². The SMILES string of the molecule is CC(C)[C@]1(Br)CC[C@H](C)/C(=C\c2ccc([N+](=O)[O-])cc2)C1=O. The van der Waals surface area contributed by atoms with Crippen LogP contribution in [0.25, 0.3) is 6.08 Å².